The molecule has 0 saturated carbocycles. The molecule has 0 aliphatic carbocycles. The van der Waals surface area contributed by atoms with Crippen LogP contribution in [0.25, 0.3) is 11.0 Å². The zero-order valence-corrected chi connectivity index (χ0v) is 19.1. The number of hydrogen-bond acceptors (Lipinski definition) is 5. The average molecular weight is 464 g/mol. The van der Waals surface area contributed by atoms with Gasteiger partial charge < -0.3 is 11.1 Å². The van der Waals surface area contributed by atoms with Gasteiger partial charge in [-0.1, -0.05) is 50.9 Å². The highest BCUT2D eigenvalue weighted by molar-refractivity contribution is 6.39. The smallest absolute Gasteiger partial charge is 0.330 e. The number of benzene rings is 1. The predicted octanol–water partition coefficient (Wildman–Crippen LogP) is 4.01. The molecule has 164 valence electrons. The minimum Gasteiger partial charge on any atom is -0.396 e. The minimum absolute atomic E-state index is 0.0368. The van der Waals surface area contributed by atoms with Crippen LogP contribution in [0, 0.1) is 5.92 Å². The fourth-order valence-corrected chi connectivity index (χ4v) is 3.64. The minimum atomic E-state index is -0.679. The van der Waals surface area contributed by atoms with Crippen molar-refractivity contribution in [1.82, 2.24) is 14.5 Å². The van der Waals surface area contributed by atoms with Crippen LogP contribution in [0.3, 0.4) is 0 Å². The van der Waals surface area contributed by atoms with E-state index >= 15 is 0 Å². The summed E-state index contributed by atoms with van der Waals surface area (Å²) in [5.41, 5.74) is 5.86. The van der Waals surface area contributed by atoms with Crippen LogP contribution < -0.4 is 22.3 Å². The van der Waals surface area contributed by atoms with Gasteiger partial charge in [0.1, 0.15) is 0 Å². The quantitative estimate of drug-likeness (QED) is 0.493. The lowest BCUT2D eigenvalue weighted by Crippen LogP contribution is -2.33. The molecule has 1 amide bonds. The Kier molecular flexibility index (Phi) is 6.43. The third-order valence-corrected chi connectivity index (χ3v) is 5.31. The molecule has 10 heteroatoms. The average Bonchev–Trinajstić information content (AvgIpc) is 2.67. The number of hydrogen-bond donors (Lipinski definition) is 3. The Bertz CT molecular complexity index is 1270. The lowest BCUT2D eigenvalue weighted by Gasteiger charge is -2.16. The molecule has 0 atom stereocenters. The van der Waals surface area contributed by atoms with E-state index in [1.165, 1.54) is 16.7 Å². The molecule has 0 radical (unpaired) electrons. The fraction of sp³-hybridized carbons (Fsp3) is 0.333. The summed E-state index contributed by atoms with van der Waals surface area (Å²) in [4.78, 5) is 45.2. The third-order valence-electron chi connectivity index (χ3n) is 4.69. The van der Waals surface area contributed by atoms with Gasteiger partial charge in [0.2, 0.25) is 0 Å². The molecule has 2 aromatic heterocycles. The first-order valence-corrected chi connectivity index (χ1v) is 10.5. The van der Waals surface area contributed by atoms with E-state index < -0.39 is 17.2 Å². The van der Waals surface area contributed by atoms with E-state index in [2.05, 4.69) is 15.3 Å². The van der Waals surface area contributed by atoms with Crippen LogP contribution >= 0.6 is 23.2 Å². The number of nitrogen functional groups attached to an aromatic ring is 1. The summed E-state index contributed by atoms with van der Waals surface area (Å²) >= 11 is 12.1. The summed E-state index contributed by atoms with van der Waals surface area (Å²) in [5, 5.41) is 3.11. The zero-order valence-electron chi connectivity index (χ0n) is 17.5. The molecule has 0 fully saturated rings. The highest BCUT2D eigenvalue weighted by Gasteiger charge is 2.21. The van der Waals surface area contributed by atoms with Crippen LogP contribution in [0.4, 0.5) is 11.4 Å². The van der Waals surface area contributed by atoms with Crippen LogP contribution in [0.15, 0.2) is 27.8 Å². The second-order valence-electron chi connectivity index (χ2n) is 8.02. The number of pyridine rings is 1. The number of nitrogens with zero attached hydrogens (tertiary/aromatic N) is 2. The largest absolute Gasteiger partial charge is 0.396 e. The van der Waals surface area contributed by atoms with Crippen molar-refractivity contribution in [2.75, 3.05) is 11.1 Å². The van der Waals surface area contributed by atoms with Crippen LogP contribution in [0.1, 0.15) is 49.7 Å². The number of carbonyl (C=O) groups is 1. The maximum absolute atomic E-state index is 13.2. The van der Waals surface area contributed by atoms with Crippen molar-refractivity contribution in [3.63, 3.8) is 0 Å². The van der Waals surface area contributed by atoms with E-state index in [1.54, 1.807) is 6.07 Å². The molecular formula is C21H23Cl2N5O3. The Balaban J connectivity index is 2.24. The van der Waals surface area contributed by atoms with Crippen molar-refractivity contribution < 1.29 is 4.79 Å². The molecular weight excluding hydrogens is 441 g/mol. The van der Waals surface area contributed by atoms with Crippen LogP contribution in [0.2, 0.25) is 10.0 Å². The number of rotatable bonds is 5. The number of amides is 1. The highest BCUT2D eigenvalue weighted by Crippen LogP contribution is 2.31. The number of nitrogens with two attached hydrogens (primary N) is 1. The lowest BCUT2D eigenvalue weighted by atomic mass is 10.0. The molecule has 31 heavy (non-hydrogen) atoms. The van der Waals surface area contributed by atoms with Crippen LogP contribution in [-0.4, -0.2) is 20.4 Å². The Labute approximate surface area is 188 Å². The zero-order chi connectivity index (χ0) is 23.0. The van der Waals surface area contributed by atoms with Crippen molar-refractivity contribution >= 4 is 51.5 Å². The molecule has 4 N–H and O–H groups in total. The van der Waals surface area contributed by atoms with Gasteiger partial charge in [0.15, 0.2) is 5.65 Å². The molecule has 3 rings (SSSR count). The molecule has 0 bridgehead atoms. The summed E-state index contributed by atoms with van der Waals surface area (Å²) in [6.07, 6.45) is 0. The monoisotopic (exact) mass is 463 g/mol. The summed E-state index contributed by atoms with van der Waals surface area (Å²) in [7, 11) is 0. The second-order valence-corrected chi connectivity index (χ2v) is 8.83. The number of fused-ring (bicyclic) bond motifs is 1. The SMILES string of the molecule is CC(C)Cn1c(=O)[nH]c(=O)c2c(C(=O)Nc3cc(Cl)c(N)c(Cl)c3)cc(C(C)C)nc21. The summed E-state index contributed by atoms with van der Waals surface area (Å²) < 4.78 is 1.39. The number of halogens is 2. The van der Waals surface area contributed by atoms with E-state index in [4.69, 9.17) is 28.9 Å². The predicted molar refractivity (Wildman–Crippen MR) is 124 cm³/mol. The van der Waals surface area contributed by atoms with Gasteiger partial charge in [-0.25, -0.2) is 9.78 Å². The maximum atomic E-state index is 13.2. The van der Waals surface area contributed by atoms with Gasteiger partial charge in [0.05, 0.1) is 26.7 Å². The number of nitrogens with one attached hydrogen (secondary N) is 2. The Morgan fingerprint density at radius 3 is 2.32 bits per heavy atom. The maximum Gasteiger partial charge on any atom is 0.330 e. The van der Waals surface area contributed by atoms with E-state index in [0.717, 1.165) is 0 Å². The highest BCUT2D eigenvalue weighted by atomic mass is 35.5. The van der Waals surface area contributed by atoms with Gasteiger partial charge in [0, 0.05) is 17.9 Å². The first-order chi connectivity index (χ1) is 14.5. The van der Waals surface area contributed by atoms with E-state index in [-0.39, 0.29) is 44.2 Å². The molecule has 0 saturated heterocycles. The van der Waals surface area contributed by atoms with E-state index in [1.807, 2.05) is 27.7 Å². The van der Waals surface area contributed by atoms with Gasteiger partial charge in [-0.3, -0.25) is 19.1 Å². The summed E-state index contributed by atoms with van der Waals surface area (Å²) in [6.45, 7) is 8.04. The van der Waals surface area contributed by atoms with Crippen LogP contribution in [0.5, 0.6) is 0 Å². The standard InChI is InChI=1S/C21H23Cl2N5O3/c1-9(2)8-28-18-16(20(30)27-21(28)31)12(7-15(26-18)10(3)4)19(29)25-11-5-13(22)17(24)14(23)6-11/h5-7,9-10H,8,24H2,1-4H3,(H,25,29)(H,27,30,31). The van der Waals surface area contributed by atoms with Gasteiger partial charge >= 0.3 is 5.69 Å². The first-order valence-electron chi connectivity index (χ1n) is 9.73. The number of anilines is 2. The summed E-state index contributed by atoms with van der Waals surface area (Å²) in [5.74, 6) is -0.489. The molecule has 0 aliphatic heterocycles. The molecule has 2 heterocycles. The molecule has 0 aliphatic rings. The fourth-order valence-electron chi connectivity index (χ4n) is 3.16. The van der Waals surface area contributed by atoms with Gasteiger partial charge in [-0.05, 0) is 30.0 Å². The van der Waals surface area contributed by atoms with Crippen molar-refractivity contribution in [3.8, 4) is 0 Å². The van der Waals surface area contributed by atoms with Crippen molar-refractivity contribution in [3.05, 3.63) is 60.3 Å². The van der Waals surface area contributed by atoms with E-state index in [9.17, 15) is 14.4 Å². The van der Waals surface area contributed by atoms with Gasteiger partial charge in [-0.15, -0.1) is 0 Å². The molecule has 1 aromatic carbocycles. The summed E-state index contributed by atoms with van der Waals surface area (Å²) in [6, 6.07) is 4.49. The van der Waals surface area contributed by atoms with Gasteiger partial charge in [0.25, 0.3) is 11.5 Å². The Hall–Kier alpha value is -2.84. The first kappa shape index (κ1) is 22.8. The Morgan fingerprint density at radius 1 is 1.16 bits per heavy atom. The second kappa shape index (κ2) is 8.72. The lowest BCUT2D eigenvalue weighted by molar-refractivity contribution is 0.102. The number of aromatic amines is 1. The third kappa shape index (κ3) is 4.60. The van der Waals surface area contributed by atoms with Crippen molar-refractivity contribution in [1.29, 1.82) is 0 Å². The molecule has 0 unspecified atom stereocenters. The van der Waals surface area contributed by atoms with Gasteiger partial charge in [-0.2, -0.15) is 0 Å². The topological polar surface area (TPSA) is 123 Å². The number of H-pyrrole nitrogens is 1. The molecule has 8 nitrogen and oxygen atoms in total. The van der Waals surface area contributed by atoms with Crippen molar-refractivity contribution in [2.45, 2.75) is 40.2 Å². The molecule has 0 spiro atoms. The van der Waals surface area contributed by atoms with E-state index in [0.29, 0.717) is 17.9 Å². The molecule has 3 aromatic rings. The number of aromatic nitrogens is 3. The van der Waals surface area contributed by atoms with Crippen LogP contribution in [-0.2, 0) is 6.54 Å². The Morgan fingerprint density at radius 2 is 1.77 bits per heavy atom. The number of carbonyl (C=O) groups excluding carboxylic acids is 1. The van der Waals surface area contributed by atoms with Crippen molar-refractivity contribution in [2.24, 2.45) is 5.92 Å². The normalized spacial score (nSPS) is 11.5.